The van der Waals surface area contributed by atoms with Gasteiger partial charge >= 0.3 is 0 Å². The number of halogens is 1. The molecule has 0 bridgehead atoms. The van der Waals surface area contributed by atoms with Gasteiger partial charge in [0.1, 0.15) is 5.69 Å². The molecule has 0 spiro atoms. The highest BCUT2D eigenvalue weighted by atomic mass is 35.5. The Morgan fingerprint density at radius 3 is 2.61 bits per heavy atom. The number of para-hydroxylation sites is 1. The number of benzene rings is 2. The van der Waals surface area contributed by atoms with Crippen molar-refractivity contribution < 1.29 is 0 Å². The molecule has 0 amide bonds. The minimum Gasteiger partial charge on any atom is -0.380 e. The van der Waals surface area contributed by atoms with Crippen molar-refractivity contribution in [3.05, 3.63) is 101 Å². The van der Waals surface area contributed by atoms with Gasteiger partial charge in [-0.2, -0.15) is 5.10 Å². The second kappa shape index (κ2) is 8.06. The average molecular weight is 388 g/mol. The van der Waals surface area contributed by atoms with E-state index in [0.717, 1.165) is 28.0 Å². The van der Waals surface area contributed by atoms with E-state index < -0.39 is 0 Å². The van der Waals surface area contributed by atoms with Crippen LogP contribution in [0.5, 0.6) is 0 Å². The summed E-state index contributed by atoms with van der Waals surface area (Å²) in [6.45, 7) is 0.741. The third kappa shape index (κ3) is 3.94. The monoisotopic (exact) mass is 387 g/mol. The fourth-order valence-electron chi connectivity index (χ4n) is 3.01. The summed E-state index contributed by atoms with van der Waals surface area (Å²) < 4.78 is 2.19. The summed E-state index contributed by atoms with van der Waals surface area (Å²) in [6, 6.07) is 21.6. The maximum Gasteiger partial charge on any atom is 0.171 e. The predicted molar refractivity (Wildman–Crippen MR) is 115 cm³/mol. The van der Waals surface area contributed by atoms with Gasteiger partial charge in [-0.05, 0) is 35.9 Å². The lowest BCUT2D eigenvalue weighted by Gasteiger charge is -2.05. The van der Waals surface area contributed by atoms with Crippen LogP contribution in [0.25, 0.3) is 10.9 Å². The van der Waals surface area contributed by atoms with E-state index >= 15 is 0 Å². The number of aromatic nitrogens is 2. The molecule has 0 saturated carbocycles. The summed E-state index contributed by atoms with van der Waals surface area (Å²) in [5.41, 5.74) is 9.82. The van der Waals surface area contributed by atoms with E-state index in [4.69, 9.17) is 17.3 Å². The normalized spacial score (nSPS) is 12.1. The Balaban J connectivity index is 1.63. The quantitative estimate of drug-likeness (QED) is 0.311. The van der Waals surface area contributed by atoms with E-state index in [2.05, 4.69) is 38.1 Å². The number of pyridine rings is 1. The molecular weight excluding hydrogens is 370 g/mol. The molecule has 5 nitrogen and oxygen atoms in total. The van der Waals surface area contributed by atoms with Crippen molar-refractivity contribution in [2.45, 2.75) is 6.54 Å². The largest absolute Gasteiger partial charge is 0.380 e. The highest BCUT2D eigenvalue weighted by Gasteiger charge is 2.07. The molecule has 0 fully saturated rings. The Bertz CT molecular complexity index is 1140. The van der Waals surface area contributed by atoms with Crippen molar-refractivity contribution in [3.63, 3.8) is 0 Å². The molecule has 138 valence electrons. The zero-order valence-electron chi connectivity index (χ0n) is 15.0. The van der Waals surface area contributed by atoms with E-state index in [1.165, 1.54) is 5.56 Å². The Kier molecular flexibility index (Phi) is 5.17. The summed E-state index contributed by atoms with van der Waals surface area (Å²) in [5, 5.41) is 10.1. The first-order valence-corrected chi connectivity index (χ1v) is 9.19. The van der Waals surface area contributed by atoms with Crippen molar-refractivity contribution in [2.75, 3.05) is 0 Å². The van der Waals surface area contributed by atoms with Gasteiger partial charge in [0.2, 0.25) is 0 Å². The van der Waals surface area contributed by atoms with Crippen LogP contribution in [-0.2, 0) is 6.54 Å². The molecule has 0 atom stereocenters. The van der Waals surface area contributed by atoms with Crippen molar-refractivity contribution in [3.8, 4) is 0 Å². The molecule has 4 rings (SSSR count). The molecule has 6 heteroatoms. The van der Waals surface area contributed by atoms with Gasteiger partial charge in [-0.25, -0.2) is 0 Å². The first-order chi connectivity index (χ1) is 13.7. The lowest BCUT2D eigenvalue weighted by molar-refractivity contribution is 0.836. The van der Waals surface area contributed by atoms with Crippen LogP contribution < -0.4 is 5.73 Å². The molecule has 2 N–H and O–H groups in total. The number of nitrogens with two attached hydrogens (primary N) is 1. The van der Waals surface area contributed by atoms with Crippen molar-refractivity contribution in [1.82, 2.24) is 9.55 Å². The number of fused-ring (bicyclic) bond motifs is 1. The first-order valence-electron chi connectivity index (χ1n) is 8.81. The molecule has 0 aliphatic heterocycles. The molecule has 28 heavy (non-hydrogen) atoms. The predicted octanol–water partition coefficient (Wildman–Crippen LogP) is 4.48. The van der Waals surface area contributed by atoms with Crippen LogP contribution in [0.15, 0.2) is 89.3 Å². The fourth-order valence-corrected chi connectivity index (χ4v) is 3.14. The molecule has 0 unspecified atom stereocenters. The van der Waals surface area contributed by atoms with Crippen molar-refractivity contribution in [2.24, 2.45) is 15.9 Å². The van der Waals surface area contributed by atoms with Crippen LogP contribution in [0.4, 0.5) is 0 Å². The standard InChI is InChI=1S/C22H18ClN5/c23-18-10-8-16(9-11-18)14-28-15-17(19-5-1-2-7-21(19)28)13-26-27-22(24)20-6-3-4-12-25-20/h1-13,15H,14H2,(H2,24,27)/b26-13-. The van der Waals surface area contributed by atoms with Gasteiger partial charge in [0.05, 0.1) is 6.21 Å². The van der Waals surface area contributed by atoms with Crippen LogP contribution in [-0.4, -0.2) is 21.6 Å². The Morgan fingerprint density at radius 1 is 1.04 bits per heavy atom. The second-order valence-corrected chi connectivity index (χ2v) is 6.74. The van der Waals surface area contributed by atoms with Crippen LogP contribution in [0, 0.1) is 0 Å². The lowest BCUT2D eigenvalue weighted by Crippen LogP contribution is -2.14. The molecule has 0 aliphatic rings. The van der Waals surface area contributed by atoms with Crippen LogP contribution in [0.3, 0.4) is 0 Å². The van der Waals surface area contributed by atoms with Gasteiger partial charge in [0.25, 0.3) is 0 Å². The topological polar surface area (TPSA) is 68.6 Å². The zero-order chi connectivity index (χ0) is 19.3. The molecule has 2 aromatic carbocycles. The third-order valence-corrected chi connectivity index (χ3v) is 4.63. The number of hydrogen-bond donors (Lipinski definition) is 1. The molecule has 2 heterocycles. The van der Waals surface area contributed by atoms with E-state index in [0.29, 0.717) is 5.69 Å². The van der Waals surface area contributed by atoms with Crippen LogP contribution >= 0.6 is 11.6 Å². The number of nitrogens with zero attached hydrogens (tertiary/aromatic N) is 4. The minimum absolute atomic E-state index is 0.279. The maximum absolute atomic E-state index is 5.99. The van der Waals surface area contributed by atoms with Gasteiger partial charge in [0.15, 0.2) is 5.84 Å². The minimum atomic E-state index is 0.279. The summed E-state index contributed by atoms with van der Waals surface area (Å²) in [4.78, 5) is 4.17. The van der Waals surface area contributed by atoms with Crippen LogP contribution in [0.2, 0.25) is 5.02 Å². The highest BCUT2D eigenvalue weighted by molar-refractivity contribution is 6.30. The molecule has 0 radical (unpaired) electrons. The van der Waals surface area contributed by atoms with Gasteiger partial charge in [-0.3, -0.25) is 4.98 Å². The van der Waals surface area contributed by atoms with Gasteiger partial charge in [0, 0.05) is 40.4 Å². The van der Waals surface area contributed by atoms with E-state index in [1.807, 2.05) is 48.5 Å². The smallest absolute Gasteiger partial charge is 0.171 e. The molecule has 4 aromatic rings. The van der Waals surface area contributed by atoms with Gasteiger partial charge in [-0.15, -0.1) is 5.10 Å². The summed E-state index contributed by atoms with van der Waals surface area (Å²) >= 11 is 5.99. The summed E-state index contributed by atoms with van der Waals surface area (Å²) in [6.07, 6.45) is 5.46. The number of hydrogen-bond acceptors (Lipinski definition) is 3. The third-order valence-electron chi connectivity index (χ3n) is 4.38. The zero-order valence-corrected chi connectivity index (χ0v) is 15.8. The summed E-state index contributed by atoms with van der Waals surface area (Å²) in [7, 11) is 0. The second-order valence-electron chi connectivity index (χ2n) is 6.30. The highest BCUT2D eigenvalue weighted by Crippen LogP contribution is 2.22. The van der Waals surface area contributed by atoms with Gasteiger partial charge < -0.3 is 10.3 Å². The Hall–Kier alpha value is -3.44. The molecule has 2 aromatic heterocycles. The first kappa shape index (κ1) is 17.9. The number of amidine groups is 1. The Morgan fingerprint density at radius 2 is 1.82 bits per heavy atom. The van der Waals surface area contributed by atoms with E-state index in [-0.39, 0.29) is 5.84 Å². The maximum atomic E-state index is 5.99. The van der Waals surface area contributed by atoms with Gasteiger partial charge in [-0.1, -0.05) is 48.0 Å². The average Bonchev–Trinajstić information content (AvgIpc) is 3.08. The van der Waals surface area contributed by atoms with Crippen molar-refractivity contribution >= 4 is 34.6 Å². The van der Waals surface area contributed by atoms with E-state index in [9.17, 15) is 0 Å². The molecule has 0 aliphatic carbocycles. The van der Waals surface area contributed by atoms with E-state index in [1.54, 1.807) is 18.5 Å². The molecular formula is C22H18ClN5. The molecule has 0 saturated heterocycles. The lowest BCUT2D eigenvalue weighted by atomic mass is 10.2. The fraction of sp³-hybridized carbons (Fsp3) is 0.0455. The van der Waals surface area contributed by atoms with Crippen molar-refractivity contribution in [1.29, 1.82) is 0 Å². The number of rotatable bonds is 5. The Labute approximate surface area is 167 Å². The SMILES string of the molecule is N/C(=N\N=C/c1cn(Cc2ccc(Cl)cc2)c2ccccc12)c1ccccn1. The van der Waals surface area contributed by atoms with Crippen LogP contribution in [0.1, 0.15) is 16.8 Å². The summed E-state index contributed by atoms with van der Waals surface area (Å²) in [5.74, 6) is 0.279.